The Balaban J connectivity index is 1.41. The van der Waals surface area contributed by atoms with Crippen LogP contribution in [0.4, 0.5) is 11.1 Å². The van der Waals surface area contributed by atoms with Crippen LogP contribution in [-0.4, -0.2) is 27.4 Å². The summed E-state index contributed by atoms with van der Waals surface area (Å²) in [7, 11) is 0. The molecule has 1 aliphatic carbocycles. The van der Waals surface area contributed by atoms with Gasteiger partial charge in [0.15, 0.2) is 5.13 Å². The molecule has 0 fully saturated rings. The molecule has 0 aliphatic heterocycles. The molecule has 3 rings (SSSR count). The van der Waals surface area contributed by atoms with Crippen LogP contribution in [0.1, 0.15) is 36.8 Å². The Hall–Kier alpha value is -2.02. The number of carbonyl (C=O) groups excluding carboxylic acids is 1. The molecular formula is C16H21N5OS. The van der Waals surface area contributed by atoms with Gasteiger partial charge in [-0.3, -0.25) is 4.79 Å². The zero-order chi connectivity index (χ0) is 16.1. The van der Waals surface area contributed by atoms with Gasteiger partial charge in [-0.1, -0.05) is 6.92 Å². The van der Waals surface area contributed by atoms with E-state index in [0.29, 0.717) is 18.9 Å². The first kappa shape index (κ1) is 15.9. The zero-order valence-electron chi connectivity index (χ0n) is 13.2. The fourth-order valence-corrected chi connectivity index (χ4v) is 3.80. The van der Waals surface area contributed by atoms with Crippen LogP contribution in [0.5, 0.6) is 0 Å². The Morgan fingerprint density at radius 1 is 1.39 bits per heavy atom. The van der Waals surface area contributed by atoms with Crippen LogP contribution in [0.25, 0.3) is 0 Å². The number of fused-ring (bicyclic) bond motifs is 1. The third-order valence-electron chi connectivity index (χ3n) is 3.86. The number of rotatable bonds is 6. The standard InChI is InChI=1S/C16H21N5OS/c1-11-5-6-12-13(10-11)23-16(20-12)21-14(22)4-2-7-17-15-18-8-3-9-19-15/h3,8-9,11H,2,4-7,10H2,1H3,(H,17,18,19)(H,20,21,22). The molecular weight excluding hydrogens is 310 g/mol. The summed E-state index contributed by atoms with van der Waals surface area (Å²) in [6.07, 6.45) is 7.87. The van der Waals surface area contributed by atoms with Crippen molar-refractivity contribution in [3.05, 3.63) is 29.0 Å². The quantitative estimate of drug-likeness (QED) is 0.796. The normalized spacial score (nSPS) is 16.7. The highest BCUT2D eigenvalue weighted by Crippen LogP contribution is 2.32. The molecule has 2 N–H and O–H groups in total. The van der Waals surface area contributed by atoms with Crippen LogP contribution >= 0.6 is 11.3 Å². The van der Waals surface area contributed by atoms with Crippen LogP contribution < -0.4 is 10.6 Å². The van der Waals surface area contributed by atoms with Crippen LogP contribution in [0, 0.1) is 5.92 Å². The molecule has 1 amide bonds. The van der Waals surface area contributed by atoms with E-state index < -0.39 is 0 Å². The molecule has 1 atom stereocenters. The largest absolute Gasteiger partial charge is 0.354 e. The monoisotopic (exact) mass is 331 g/mol. The number of aryl methyl sites for hydroxylation is 1. The molecule has 1 unspecified atom stereocenters. The molecule has 0 aromatic carbocycles. The van der Waals surface area contributed by atoms with E-state index in [1.165, 1.54) is 17.0 Å². The Bertz CT molecular complexity index is 658. The first-order chi connectivity index (χ1) is 11.2. The number of nitrogens with zero attached hydrogens (tertiary/aromatic N) is 3. The van der Waals surface area contributed by atoms with Crippen LogP contribution in [0.15, 0.2) is 18.5 Å². The molecule has 1 aliphatic rings. The van der Waals surface area contributed by atoms with Gasteiger partial charge in [0.2, 0.25) is 11.9 Å². The lowest BCUT2D eigenvalue weighted by molar-refractivity contribution is -0.116. The van der Waals surface area contributed by atoms with Gasteiger partial charge in [0.25, 0.3) is 0 Å². The first-order valence-corrected chi connectivity index (χ1v) is 8.81. The minimum atomic E-state index is 0.0138. The zero-order valence-corrected chi connectivity index (χ0v) is 14.0. The molecule has 0 spiro atoms. The topological polar surface area (TPSA) is 79.8 Å². The predicted octanol–water partition coefficient (Wildman–Crippen LogP) is 2.89. The molecule has 2 heterocycles. The van der Waals surface area contributed by atoms with Gasteiger partial charge < -0.3 is 10.6 Å². The second-order valence-electron chi connectivity index (χ2n) is 5.89. The van der Waals surface area contributed by atoms with Crippen molar-refractivity contribution in [1.82, 2.24) is 15.0 Å². The molecule has 2 aromatic rings. The summed E-state index contributed by atoms with van der Waals surface area (Å²) in [5, 5.41) is 6.76. The van der Waals surface area contributed by atoms with E-state index in [-0.39, 0.29) is 5.91 Å². The summed E-state index contributed by atoms with van der Waals surface area (Å²) in [5.74, 6) is 1.33. The smallest absolute Gasteiger partial charge is 0.226 e. The third-order valence-corrected chi connectivity index (χ3v) is 4.90. The van der Waals surface area contributed by atoms with E-state index in [0.717, 1.165) is 30.3 Å². The van der Waals surface area contributed by atoms with Gasteiger partial charge in [0.05, 0.1) is 5.69 Å². The average molecular weight is 331 g/mol. The van der Waals surface area contributed by atoms with Gasteiger partial charge in [-0.15, -0.1) is 11.3 Å². The van der Waals surface area contributed by atoms with Crippen LogP contribution in [0.2, 0.25) is 0 Å². The van der Waals surface area contributed by atoms with Crippen molar-refractivity contribution in [1.29, 1.82) is 0 Å². The lowest BCUT2D eigenvalue weighted by Gasteiger charge is -2.15. The van der Waals surface area contributed by atoms with E-state index in [4.69, 9.17) is 0 Å². The molecule has 7 heteroatoms. The molecule has 6 nitrogen and oxygen atoms in total. The lowest BCUT2D eigenvalue weighted by atomic mass is 9.93. The van der Waals surface area contributed by atoms with E-state index in [1.807, 2.05) is 0 Å². The summed E-state index contributed by atoms with van der Waals surface area (Å²) in [6.45, 7) is 2.94. The van der Waals surface area contributed by atoms with Crippen molar-refractivity contribution in [2.24, 2.45) is 5.92 Å². The summed E-state index contributed by atoms with van der Waals surface area (Å²) in [5.41, 5.74) is 1.17. The fourth-order valence-electron chi connectivity index (χ4n) is 2.61. The molecule has 2 aromatic heterocycles. The third kappa shape index (κ3) is 4.48. The predicted molar refractivity (Wildman–Crippen MR) is 91.7 cm³/mol. The number of hydrogen-bond acceptors (Lipinski definition) is 6. The van der Waals surface area contributed by atoms with Crippen LogP contribution in [0.3, 0.4) is 0 Å². The highest BCUT2D eigenvalue weighted by molar-refractivity contribution is 7.15. The number of thiazole rings is 1. The Morgan fingerprint density at radius 2 is 2.22 bits per heavy atom. The minimum absolute atomic E-state index is 0.0138. The first-order valence-electron chi connectivity index (χ1n) is 8.00. The van der Waals surface area contributed by atoms with E-state index in [1.54, 1.807) is 29.8 Å². The summed E-state index contributed by atoms with van der Waals surface area (Å²) in [4.78, 5) is 26.0. The SMILES string of the molecule is CC1CCc2nc(NC(=O)CCCNc3ncccn3)sc2C1. The van der Waals surface area contributed by atoms with E-state index >= 15 is 0 Å². The number of amides is 1. The molecule has 0 saturated carbocycles. The maximum atomic E-state index is 12.0. The maximum absolute atomic E-state index is 12.0. The van der Waals surface area contributed by atoms with E-state index in [2.05, 4.69) is 32.5 Å². The second-order valence-corrected chi connectivity index (χ2v) is 6.97. The summed E-state index contributed by atoms with van der Waals surface area (Å²) in [6, 6.07) is 1.77. The molecule has 23 heavy (non-hydrogen) atoms. The Kier molecular flexibility index (Phi) is 5.17. The maximum Gasteiger partial charge on any atom is 0.226 e. The van der Waals surface area contributed by atoms with E-state index in [9.17, 15) is 4.79 Å². The van der Waals surface area contributed by atoms with Crippen LogP contribution in [-0.2, 0) is 17.6 Å². The number of anilines is 2. The Labute approximate surface area is 139 Å². The Morgan fingerprint density at radius 3 is 3.04 bits per heavy atom. The highest BCUT2D eigenvalue weighted by Gasteiger charge is 2.20. The number of hydrogen-bond donors (Lipinski definition) is 2. The van der Waals surface area contributed by atoms with Crippen molar-refractivity contribution in [3.63, 3.8) is 0 Å². The fraction of sp³-hybridized carbons (Fsp3) is 0.500. The molecule has 0 bridgehead atoms. The molecule has 122 valence electrons. The average Bonchev–Trinajstić information content (AvgIpc) is 2.94. The number of aromatic nitrogens is 3. The van der Waals surface area contributed by atoms with Gasteiger partial charge in [-0.05, 0) is 37.7 Å². The lowest BCUT2D eigenvalue weighted by Crippen LogP contribution is -2.14. The summed E-state index contributed by atoms with van der Waals surface area (Å²) >= 11 is 1.62. The van der Waals surface area contributed by atoms with Crippen molar-refractivity contribution >= 4 is 28.3 Å². The van der Waals surface area contributed by atoms with Crippen molar-refractivity contribution < 1.29 is 4.79 Å². The van der Waals surface area contributed by atoms with Gasteiger partial charge in [-0.2, -0.15) is 0 Å². The number of carbonyl (C=O) groups is 1. The van der Waals surface area contributed by atoms with Gasteiger partial charge in [0.1, 0.15) is 0 Å². The molecule has 0 radical (unpaired) electrons. The molecule has 0 saturated heterocycles. The van der Waals surface area contributed by atoms with Crippen molar-refractivity contribution in [3.8, 4) is 0 Å². The second kappa shape index (κ2) is 7.50. The van der Waals surface area contributed by atoms with Gasteiger partial charge in [0, 0.05) is 30.2 Å². The highest BCUT2D eigenvalue weighted by atomic mass is 32.1. The number of nitrogens with one attached hydrogen (secondary N) is 2. The minimum Gasteiger partial charge on any atom is -0.354 e. The van der Waals surface area contributed by atoms with Crippen molar-refractivity contribution in [2.75, 3.05) is 17.2 Å². The van der Waals surface area contributed by atoms with Gasteiger partial charge in [-0.25, -0.2) is 15.0 Å². The summed E-state index contributed by atoms with van der Waals surface area (Å²) < 4.78 is 0. The van der Waals surface area contributed by atoms with Crippen molar-refractivity contribution in [2.45, 2.75) is 39.0 Å². The van der Waals surface area contributed by atoms with Gasteiger partial charge >= 0.3 is 0 Å².